The zero-order chi connectivity index (χ0) is 23.9. The molecular formula is C30H35N3S. The molecule has 1 aliphatic rings. The predicted octanol–water partition coefficient (Wildman–Crippen LogP) is 8.33. The SMILES string of the molecule is CC1CC(C)CC(Cc2ccnc(-c3cc(-c4ccc(C(C)(C)C)nc4)cc4ncsc34)c2)C1. The maximum atomic E-state index is 4.81. The van der Waals surface area contributed by atoms with Crippen LogP contribution in [0.5, 0.6) is 0 Å². The number of thiazole rings is 1. The van der Waals surface area contributed by atoms with Crippen LogP contribution >= 0.6 is 11.3 Å². The van der Waals surface area contributed by atoms with Crippen LogP contribution in [0, 0.1) is 17.8 Å². The Kier molecular flexibility index (Phi) is 6.28. The van der Waals surface area contributed by atoms with Crippen molar-refractivity contribution in [3.05, 3.63) is 65.6 Å². The summed E-state index contributed by atoms with van der Waals surface area (Å²) < 4.78 is 1.20. The summed E-state index contributed by atoms with van der Waals surface area (Å²) in [5, 5.41) is 0. The fourth-order valence-electron chi connectivity index (χ4n) is 5.70. The van der Waals surface area contributed by atoms with E-state index in [1.807, 2.05) is 17.9 Å². The molecule has 0 saturated heterocycles. The number of benzene rings is 1. The first-order valence-electron chi connectivity index (χ1n) is 12.6. The molecule has 4 heteroatoms. The average molecular weight is 470 g/mol. The fraction of sp³-hybridized carbons (Fsp3) is 0.433. The van der Waals surface area contributed by atoms with Crippen LogP contribution in [0.25, 0.3) is 32.6 Å². The van der Waals surface area contributed by atoms with Crippen molar-refractivity contribution in [2.45, 2.75) is 65.7 Å². The number of nitrogens with zero attached hydrogens (tertiary/aromatic N) is 3. The van der Waals surface area contributed by atoms with Gasteiger partial charge < -0.3 is 0 Å². The number of aromatic nitrogens is 3. The first-order chi connectivity index (χ1) is 16.3. The first-order valence-corrected chi connectivity index (χ1v) is 13.4. The van der Waals surface area contributed by atoms with Crippen LogP contribution in [-0.4, -0.2) is 15.0 Å². The van der Waals surface area contributed by atoms with E-state index in [1.54, 1.807) is 11.3 Å². The van der Waals surface area contributed by atoms with Gasteiger partial charge in [-0.3, -0.25) is 9.97 Å². The molecule has 0 amide bonds. The minimum absolute atomic E-state index is 0.0425. The van der Waals surface area contributed by atoms with Crippen molar-refractivity contribution in [3.63, 3.8) is 0 Å². The monoisotopic (exact) mass is 469 g/mol. The van der Waals surface area contributed by atoms with Gasteiger partial charge in [-0.2, -0.15) is 0 Å². The Labute approximate surface area is 207 Å². The van der Waals surface area contributed by atoms with Crippen LogP contribution in [0.2, 0.25) is 0 Å². The van der Waals surface area contributed by atoms with Crippen molar-refractivity contribution in [2.75, 3.05) is 0 Å². The molecule has 0 aliphatic heterocycles. The molecule has 1 fully saturated rings. The van der Waals surface area contributed by atoms with Gasteiger partial charge in [-0.05, 0) is 84.9 Å². The normalized spacial score (nSPS) is 21.1. The maximum absolute atomic E-state index is 4.81. The number of hydrogen-bond donors (Lipinski definition) is 0. The van der Waals surface area contributed by atoms with Crippen LogP contribution in [0.1, 0.15) is 65.1 Å². The molecule has 3 heterocycles. The summed E-state index contributed by atoms with van der Waals surface area (Å²) in [7, 11) is 0. The summed E-state index contributed by atoms with van der Waals surface area (Å²) in [6, 6.07) is 13.3. The zero-order valence-electron chi connectivity index (χ0n) is 21.0. The molecule has 3 nitrogen and oxygen atoms in total. The van der Waals surface area contributed by atoms with Crippen molar-refractivity contribution < 1.29 is 0 Å². The number of hydrogen-bond acceptors (Lipinski definition) is 4. The van der Waals surface area contributed by atoms with Gasteiger partial charge in [0.15, 0.2) is 0 Å². The van der Waals surface area contributed by atoms with Gasteiger partial charge in [-0.25, -0.2) is 4.98 Å². The number of pyridine rings is 2. The Hall–Kier alpha value is -2.59. The Morgan fingerprint density at radius 1 is 0.882 bits per heavy atom. The van der Waals surface area contributed by atoms with E-state index in [-0.39, 0.29) is 5.41 Å². The fourth-order valence-corrected chi connectivity index (χ4v) is 6.49. The molecule has 0 bridgehead atoms. The standard InChI is InChI=1S/C30H35N3S/c1-19-10-20(2)12-22(11-19)13-21-8-9-31-26(14-21)25-15-24(16-27-29(25)34-18-33-27)23-6-7-28(32-17-23)30(3,4)5/h6-9,14-20,22H,10-13H2,1-5H3. The molecule has 2 atom stereocenters. The molecule has 1 aromatic carbocycles. The van der Waals surface area contributed by atoms with Crippen LogP contribution in [0.4, 0.5) is 0 Å². The van der Waals surface area contributed by atoms with E-state index >= 15 is 0 Å². The summed E-state index contributed by atoms with van der Waals surface area (Å²) in [5.41, 5.74) is 9.98. The van der Waals surface area contributed by atoms with Crippen LogP contribution in [-0.2, 0) is 11.8 Å². The quantitative estimate of drug-likeness (QED) is 0.301. The molecule has 1 aliphatic carbocycles. The minimum Gasteiger partial charge on any atom is -0.260 e. The maximum Gasteiger partial charge on any atom is 0.0825 e. The Bertz CT molecular complexity index is 1270. The minimum atomic E-state index is 0.0425. The Morgan fingerprint density at radius 2 is 1.68 bits per heavy atom. The van der Waals surface area contributed by atoms with Crippen LogP contribution in [0.3, 0.4) is 0 Å². The van der Waals surface area contributed by atoms with E-state index in [9.17, 15) is 0 Å². The van der Waals surface area contributed by atoms with Crippen LogP contribution < -0.4 is 0 Å². The van der Waals surface area contributed by atoms with Crippen molar-refractivity contribution in [3.8, 4) is 22.4 Å². The van der Waals surface area contributed by atoms with Gasteiger partial charge in [0.2, 0.25) is 0 Å². The van der Waals surface area contributed by atoms with Crippen molar-refractivity contribution in [1.29, 1.82) is 0 Å². The third-order valence-electron chi connectivity index (χ3n) is 7.20. The highest BCUT2D eigenvalue weighted by atomic mass is 32.1. The molecule has 0 spiro atoms. The third kappa shape index (κ3) is 4.93. The number of fused-ring (bicyclic) bond motifs is 1. The van der Waals surface area contributed by atoms with Crippen molar-refractivity contribution >= 4 is 21.6 Å². The van der Waals surface area contributed by atoms with Gasteiger partial charge in [0.1, 0.15) is 0 Å². The summed E-state index contributed by atoms with van der Waals surface area (Å²) in [6.45, 7) is 11.4. The molecule has 0 radical (unpaired) electrons. The van der Waals surface area contributed by atoms with E-state index in [4.69, 9.17) is 9.97 Å². The van der Waals surface area contributed by atoms with E-state index < -0.39 is 0 Å². The topological polar surface area (TPSA) is 38.7 Å². The second kappa shape index (κ2) is 9.22. The van der Waals surface area contributed by atoms with Gasteiger partial charge in [0.05, 0.1) is 21.4 Å². The van der Waals surface area contributed by atoms with Gasteiger partial charge >= 0.3 is 0 Å². The molecule has 4 aromatic rings. The van der Waals surface area contributed by atoms with Crippen molar-refractivity contribution in [1.82, 2.24) is 15.0 Å². The Balaban J connectivity index is 1.49. The van der Waals surface area contributed by atoms with E-state index in [0.29, 0.717) is 0 Å². The van der Waals surface area contributed by atoms with Crippen molar-refractivity contribution in [2.24, 2.45) is 17.8 Å². The van der Waals surface area contributed by atoms with Gasteiger partial charge in [0, 0.05) is 34.6 Å². The summed E-state index contributed by atoms with van der Waals surface area (Å²) in [4.78, 5) is 14.2. The highest BCUT2D eigenvalue weighted by molar-refractivity contribution is 7.17. The predicted molar refractivity (Wildman–Crippen MR) is 144 cm³/mol. The van der Waals surface area contributed by atoms with Gasteiger partial charge in [-0.1, -0.05) is 40.7 Å². The zero-order valence-corrected chi connectivity index (χ0v) is 21.8. The Morgan fingerprint density at radius 3 is 2.38 bits per heavy atom. The third-order valence-corrected chi connectivity index (χ3v) is 8.07. The lowest BCUT2D eigenvalue weighted by atomic mass is 9.74. The molecule has 2 unspecified atom stereocenters. The summed E-state index contributed by atoms with van der Waals surface area (Å²) in [6.07, 6.45) is 9.18. The highest BCUT2D eigenvalue weighted by Gasteiger charge is 2.24. The average Bonchev–Trinajstić information content (AvgIpc) is 3.26. The lowest BCUT2D eigenvalue weighted by Crippen LogP contribution is -2.21. The van der Waals surface area contributed by atoms with E-state index in [2.05, 4.69) is 76.0 Å². The van der Waals surface area contributed by atoms with E-state index in [1.165, 1.54) is 35.1 Å². The summed E-state index contributed by atoms with van der Waals surface area (Å²) in [5.74, 6) is 2.44. The molecule has 3 aromatic heterocycles. The van der Waals surface area contributed by atoms with Crippen LogP contribution in [0.15, 0.2) is 54.3 Å². The largest absolute Gasteiger partial charge is 0.260 e. The molecule has 176 valence electrons. The molecule has 1 saturated carbocycles. The molecule has 34 heavy (non-hydrogen) atoms. The molecular weight excluding hydrogens is 434 g/mol. The summed E-state index contributed by atoms with van der Waals surface area (Å²) >= 11 is 1.69. The lowest BCUT2D eigenvalue weighted by molar-refractivity contribution is 0.218. The second-order valence-corrected chi connectivity index (χ2v) is 12.3. The van der Waals surface area contributed by atoms with E-state index in [0.717, 1.165) is 52.2 Å². The molecule has 5 rings (SSSR count). The highest BCUT2D eigenvalue weighted by Crippen LogP contribution is 2.37. The van der Waals surface area contributed by atoms with Gasteiger partial charge in [0.25, 0.3) is 0 Å². The number of rotatable bonds is 4. The lowest BCUT2D eigenvalue weighted by Gasteiger charge is -2.31. The first kappa shape index (κ1) is 23.2. The smallest absolute Gasteiger partial charge is 0.0825 e. The molecule has 0 N–H and O–H groups in total. The van der Waals surface area contributed by atoms with Gasteiger partial charge in [-0.15, -0.1) is 11.3 Å². The second-order valence-electron chi connectivity index (χ2n) is 11.4.